The predicted molar refractivity (Wildman–Crippen MR) is 193 cm³/mol. The first kappa shape index (κ1) is 25.1. The molecule has 0 unspecified atom stereocenters. The minimum atomic E-state index is 0.194. The molecule has 0 spiro atoms. The molecule has 45 heavy (non-hydrogen) atoms. The number of para-hydroxylation sites is 3. The van der Waals surface area contributed by atoms with Crippen LogP contribution in [0.5, 0.6) is 0 Å². The third-order valence-corrected chi connectivity index (χ3v) is 10.8. The molecule has 7 aromatic rings. The average molecular weight is 578 g/mol. The van der Waals surface area contributed by atoms with Crippen LogP contribution >= 0.6 is 0 Å². The summed E-state index contributed by atoms with van der Waals surface area (Å²) in [6, 6.07) is 36.8. The SMILES string of the molecule is Cc1c(C)n2c3c(cccc13)B1c3ccccc3N(C)c3cc(-n4c5ccccc5c5cc(C6=CC=CCC6)ccc54)cc-2c31. The molecule has 0 saturated carbocycles. The van der Waals surface area contributed by atoms with Crippen LogP contribution in [0.3, 0.4) is 0 Å². The molecule has 3 aliphatic rings. The van der Waals surface area contributed by atoms with E-state index in [4.69, 9.17) is 0 Å². The van der Waals surface area contributed by atoms with Crippen molar-refractivity contribution in [3.8, 4) is 11.4 Å². The maximum Gasteiger partial charge on any atom is 0.252 e. The van der Waals surface area contributed by atoms with Gasteiger partial charge < -0.3 is 14.0 Å². The summed E-state index contributed by atoms with van der Waals surface area (Å²) in [6.07, 6.45) is 8.94. The molecular formula is C41H32BN3. The Morgan fingerprint density at radius 3 is 2.33 bits per heavy atom. The Kier molecular flexibility index (Phi) is 4.99. The second-order valence-electron chi connectivity index (χ2n) is 13.0. The molecule has 4 heterocycles. The van der Waals surface area contributed by atoms with Gasteiger partial charge in [-0.15, -0.1) is 0 Å². The summed E-state index contributed by atoms with van der Waals surface area (Å²) in [4.78, 5) is 2.42. The zero-order valence-corrected chi connectivity index (χ0v) is 25.8. The smallest absolute Gasteiger partial charge is 0.252 e. The maximum absolute atomic E-state index is 2.55. The van der Waals surface area contributed by atoms with Gasteiger partial charge in [0.2, 0.25) is 0 Å². The second kappa shape index (κ2) is 8.92. The molecule has 10 rings (SSSR count). The fourth-order valence-corrected chi connectivity index (χ4v) is 8.61. The lowest BCUT2D eigenvalue weighted by atomic mass is 9.34. The van der Waals surface area contributed by atoms with Crippen LogP contribution in [0.25, 0.3) is 49.7 Å². The van der Waals surface area contributed by atoms with Crippen molar-refractivity contribution in [2.24, 2.45) is 0 Å². The Balaban J connectivity index is 1.31. The molecule has 0 bridgehead atoms. The van der Waals surface area contributed by atoms with Crippen LogP contribution in [-0.2, 0) is 0 Å². The van der Waals surface area contributed by atoms with Crippen LogP contribution in [0.15, 0.2) is 115 Å². The van der Waals surface area contributed by atoms with E-state index < -0.39 is 0 Å². The Bertz CT molecular complexity index is 2490. The average Bonchev–Trinajstić information content (AvgIpc) is 3.56. The molecule has 0 saturated heterocycles. The lowest BCUT2D eigenvalue weighted by Crippen LogP contribution is -2.60. The highest BCUT2D eigenvalue weighted by Crippen LogP contribution is 2.40. The number of allylic oxidation sites excluding steroid dienone is 4. The number of nitrogens with zero attached hydrogens (tertiary/aromatic N) is 3. The summed E-state index contributed by atoms with van der Waals surface area (Å²) in [6.45, 7) is 4.76. The second-order valence-corrected chi connectivity index (χ2v) is 13.0. The molecule has 0 fully saturated rings. The van der Waals surface area contributed by atoms with E-state index in [1.165, 1.54) is 94.2 Å². The van der Waals surface area contributed by atoms with Crippen LogP contribution in [0, 0.1) is 13.8 Å². The summed E-state index contributed by atoms with van der Waals surface area (Å²) < 4.78 is 5.04. The summed E-state index contributed by atoms with van der Waals surface area (Å²) in [5.41, 5.74) is 18.5. The monoisotopic (exact) mass is 577 g/mol. The molecule has 5 aromatic carbocycles. The van der Waals surface area contributed by atoms with Crippen molar-refractivity contribution in [3.05, 3.63) is 132 Å². The normalized spacial score (nSPS) is 14.8. The number of benzene rings is 5. The first-order valence-electron chi connectivity index (χ1n) is 16.1. The van der Waals surface area contributed by atoms with Gasteiger partial charge in [-0.2, -0.15) is 0 Å². The minimum Gasteiger partial charge on any atom is -0.345 e. The van der Waals surface area contributed by atoms with Gasteiger partial charge in [-0.1, -0.05) is 78.9 Å². The van der Waals surface area contributed by atoms with Gasteiger partial charge in [0, 0.05) is 51.5 Å². The van der Waals surface area contributed by atoms with Crippen LogP contribution in [0.2, 0.25) is 0 Å². The number of hydrogen-bond acceptors (Lipinski definition) is 1. The quantitative estimate of drug-likeness (QED) is 0.190. The van der Waals surface area contributed by atoms with Crippen molar-refractivity contribution >= 4 is 72.8 Å². The predicted octanol–water partition coefficient (Wildman–Crippen LogP) is 7.99. The molecule has 3 nitrogen and oxygen atoms in total. The molecule has 0 radical (unpaired) electrons. The van der Waals surface area contributed by atoms with Gasteiger partial charge in [0.1, 0.15) is 0 Å². The lowest BCUT2D eigenvalue weighted by molar-refractivity contribution is 1.03. The number of fused-ring (bicyclic) bond motifs is 7. The Hall–Kier alpha value is -5.22. The van der Waals surface area contributed by atoms with Crippen LogP contribution in [-0.4, -0.2) is 22.9 Å². The molecule has 214 valence electrons. The zero-order chi connectivity index (χ0) is 30.0. The molecule has 2 aliphatic heterocycles. The highest BCUT2D eigenvalue weighted by molar-refractivity contribution is 7.00. The number of hydrogen-bond donors (Lipinski definition) is 0. The molecule has 1 aliphatic carbocycles. The van der Waals surface area contributed by atoms with Crippen LogP contribution < -0.4 is 21.3 Å². The van der Waals surface area contributed by atoms with Crippen molar-refractivity contribution in [1.82, 2.24) is 9.13 Å². The third kappa shape index (κ3) is 3.21. The first-order chi connectivity index (χ1) is 22.1. The molecular weight excluding hydrogens is 545 g/mol. The topological polar surface area (TPSA) is 13.1 Å². The van der Waals surface area contributed by atoms with Crippen molar-refractivity contribution in [2.45, 2.75) is 26.7 Å². The molecule has 2 aromatic heterocycles. The summed E-state index contributed by atoms with van der Waals surface area (Å²) in [7, 11) is 2.24. The number of anilines is 2. The van der Waals surface area contributed by atoms with E-state index in [1.807, 2.05) is 0 Å². The first-order valence-corrected chi connectivity index (χ1v) is 16.1. The van der Waals surface area contributed by atoms with Gasteiger partial charge in [0.15, 0.2) is 0 Å². The minimum absolute atomic E-state index is 0.194. The van der Waals surface area contributed by atoms with Crippen LogP contribution in [0.1, 0.15) is 29.7 Å². The lowest BCUT2D eigenvalue weighted by Gasteiger charge is -2.39. The van der Waals surface area contributed by atoms with Gasteiger partial charge in [0.25, 0.3) is 6.71 Å². The number of aromatic nitrogens is 2. The van der Waals surface area contributed by atoms with E-state index in [2.05, 4.69) is 150 Å². The number of rotatable bonds is 2. The van der Waals surface area contributed by atoms with E-state index in [0.29, 0.717) is 0 Å². The molecule has 4 heteroatoms. The van der Waals surface area contributed by atoms with Gasteiger partial charge >= 0.3 is 0 Å². The van der Waals surface area contributed by atoms with Crippen LogP contribution in [0.4, 0.5) is 11.4 Å². The molecule has 0 N–H and O–H groups in total. The fourth-order valence-electron chi connectivity index (χ4n) is 8.61. The Morgan fingerprint density at radius 2 is 1.44 bits per heavy atom. The molecule has 0 amide bonds. The summed E-state index contributed by atoms with van der Waals surface area (Å²) in [5.74, 6) is 0. The molecule has 0 atom stereocenters. The highest BCUT2D eigenvalue weighted by atomic mass is 15.1. The standard InChI is InChI=1S/C41H32BN3/c1-25-26(2)44-39-24-29(45-35-18-9-7-14-31(35)32-22-28(20-21-36(32)45)27-12-5-4-6-13-27)23-38-40(39)42(34-17-11-15-30(25)41(34)44)33-16-8-10-19-37(33)43(38)3/h4-5,7-12,14-24H,6,13H2,1-3H3. The Morgan fingerprint density at radius 1 is 0.667 bits per heavy atom. The van der Waals surface area contributed by atoms with E-state index in [-0.39, 0.29) is 6.71 Å². The van der Waals surface area contributed by atoms with Crippen molar-refractivity contribution in [2.75, 3.05) is 11.9 Å². The Labute approximate surface area is 263 Å². The third-order valence-electron chi connectivity index (χ3n) is 10.8. The van der Waals surface area contributed by atoms with Crippen molar-refractivity contribution < 1.29 is 0 Å². The van der Waals surface area contributed by atoms with Crippen molar-refractivity contribution in [1.29, 1.82) is 0 Å². The summed E-state index contributed by atoms with van der Waals surface area (Å²) >= 11 is 0. The van der Waals surface area contributed by atoms with Gasteiger partial charge in [0.05, 0.1) is 16.7 Å². The van der Waals surface area contributed by atoms with Gasteiger partial charge in [-0.25, -0.2) is 0 Å². The fraction of sp³-hybridized carbons (Fsp3) is 0.122. The maximum atomic E-state index is 2.55. The van der Waals surface area contributed by atoms with Gasteiger partial charge in [-0.3, -0.25) is 0 Å². The van der Waals surface area contributed by atoms with E-state index in [0.717, 1.165) is 12.8 Å². The summed E-state index contributed by atoms with van der Waals surface area (Å²) in [5, 5.41) is 3.96. The van der Waals surface area contributed by atoms with E-state index in [1.54, 1.807) is 0 Å². The van der Waals surface area contributed by atoms with E-state index >= 15 is 0 Å². The number of aryl methyl sites for hydroxylation is 1. The van der Waals surface area contributed by atoms with E-state index in [9.17, 15) is 0 Å². The van der Waals surface area contributed by atoms with Crippen molar-refractivity contribution in [3.63, 3.8) is 0 Å². The largest absolute Gasteiger partial charge is 0.345 e. The highest BCUT2D eigenvalue weighted by Gasteiger charge is 2.41. The zero-order valence-electron chi connectivity index (χ0n) is 25.8. The van der Waals surface area contributed by atoms with Gasteiger partial charge in [-0.05, 0) is 96.2 Å².